The highest BCUT2D eigenvalue weighted by Gasteiger charge is 1.96. The van der Waals surface area contributed by atoms with Crippen molar-refractivity contribution in [3.63, 3.8) is 0 Å². The van der Waals surface area contributed by atoms with Gasteiger partial charge in [0.2, 0.25) is 0 Å². The summed E-state index contributed by atoms with van der Waals surface area (Å²) in [6, 6.07) is 0. The summed E-state index contributed by atoms with van der Waals surface area (Å²) in [4.78, 5) is 0. The summed E-state index contributed by atoms with van der Waals surface area (Å²) in [5.41, 5.74) is 1.64. The Morgan fingerprint density at radius 2 is 1.69 bits per heavy atom. The Morgan fingerprint density at radius 1 is 1.15 bits per heavy atom. The lowest BCUT2D eigenvalue weighted by Crippen LogP contribution is -1.89. The Morgan fingerprint density at radius 3 is 2.00 bits per heavy atom. The molecular weight excluding hydrogens is 156 g/mol. The molecule has 0 N–H and O–H groups in total. The third-order valence-electron chi connectivity index (χ3n) is 1.99. The summed E-state index contributed by atoms with van der Waals surface area (Å²) in [7, 11) is 0. The van der Waals surface area contributed by atoms with Crippen LogP contribution in [0.3, 0.4) is 0 Å². The van der Waals surface area contributed by atoms with Crippen molar-refractivity contribution in [3.8, 4) is 0 Å². The number of allylic oxidation sites excluding steroid dienone is 2. The van der Waals surface area contributed by atoms with Crippen LogP contribution in [-0.4, -0.2) is 0 Å². The molecule has 0 rings (SSSR count). The van der Waals surface area contributed by atoms with E-state index < -0.39 is 0 Å². The smallest absolute Gasteiger partial charge is 0.0318 e. The number of hydrogen-bond acceptors (Lipinski definition) is 0. The van der Waals surface area contributed by atoms with Crippen molar-refractivity contribution < 1.29 is 0 Å². The van der Waals surface area contributed by atoms with E-state index in [1.165, 1.54) is 25.7 Å². The van der Waals surface area contributed by atoms with Gasteiger partial charge in [-0.25, -0.2) is 0 Å². The van der Waals surface area contributed by atoms with Gasteiger partial charge < -0.3 is 0 Å². The van der Waals surface area contributed by atoms with Crippen LogP contribution in [0.5, 0.6) is 0 Å². The van der Waals surface area contributed by atoms with E-state index in [4.69, 9.17) is 0 Å². The Bertz CT molecular complexity index is 109. The molecule has 0 aliphatic carbocycles. The molecule has 0 radical (unpaired) electrons. The van der Waals surface area contributed by atoms with Gasteiger partial charge in [-0.2, -0.15) is 0 Å². The second-order valence-electron chi connectivity index (χ2n) is 3.56. The van der Waals surface area contributed by atoms with Crippen molar-refractivity contribution in [2.75, 3.05) is 0 Å². The van der Waals surface area contributed by atoms with Crippen molar-refractivity contribution in [3.05, 3.63) is 11.6 Å². The van der Waals surface area contributed by atoms with Crippen LogP contribution in [0, 0.1) is 5.92 Å². The fourth-order valence-corrected chi connectivity index (χ4v) is 1.19. The molecule has 0 aliphatic heterocycles. The molecule has 0 saturated carbocycles. The first-order chi connectivity index (χ1) is 6.20. The average Bonchev–Trinajstić information content (AvgIpc) is 2.15. The van der Waals surface area contributed by atoms with Gasteiger partial charge in [0.1, 0.15) is 0 Å². The minimum Gasteiger partial charge on any atom is -0.0856 e. The molecule has 0 unspecified atom stereocenters. The fourth-order valence-electron chi connectivity index (χ4n) is 1.19. The van der Waals surface area contributed by atoms with E-state index in [2.05, 4.69) is 33.8 Å². The van der Waals surface area contributed by atoms with Gasteiger partial charge in [0.15, 0.2) is 0 Å². The molecule has 0 saturated heterocycles. The van der Waals surface area contributed by atoms with Crippen molar-refractivity contribution >= 4 is 0 Å². The molecule has 0 amide bonds. The Kier molecular flexibility index (Phi) is 13.7. The van der Waals surface area contributed by atoms with Crippen LogP contribution in [0.2, 0.25) is 0 Å². The van der Waals surface area contributed by atoms with Crippen LogP contribution < -0.4 is 0 Å². The summed E-state index contributed by atoms with van der Waals surface area (Å²) in [6.45, 7) is 13.0. The maximum Gasteiger partial charge on any atom is -0.0318 e. The van der Waals surface area contributed by atoms with Gasteiger partial charge in [-0.05, 0) is 31.6 Å². The standard InChI is InChI=1S/C11H22.C2H6/c1-5-7-11(6-2)9-8-10(3)4;1-2/h7,10H,5-6,8-9H2,1-4H3;1-2H3/b11-7-;. The first-order valence-corrected chi connectivity index (χ1v) is 5.88. The zero-order chi connectivity index (χ0) is 10.7. The zero-order valence-corrected chi connectivity index (χ0v) is 10.5. The molecule has 0 nitrogen and oxygen atoms in total. The topological polar surface area (TPSA) is 0 Å². The summed E-state index contributed by atoms with van der Waals surface area (Å²) >= 11 is 0. The number of rotatable bonds is 5. The van der Waals surface area contributed by atoms with E-state index in [0.717, 1.165) is 5.92 Å². The van der Waals surface area contributed by atoms with Gasteiger partial charge in [0, 0.05) is 0 Å². The molecule has 0 atom stereocenters. The minimum absolute atomic E-state index is 0.849. The first kappa shape index (κ1) is 15.2. The van der Waals surface area contributed by atoms with E-state index in [1.807, 2.05) is 13.8 Å². The third-order valence-corrected chi connectivity index (χ3v) is 1.99. The average molecular weight is 184 g/mol. The minimum atomic E-state index is 0.849. The van der Waals surface area contributed by atoms with Crippen LogP contribution in [-0.2, 0) is 0 Å². The molecule has 0 aromatic rings. The van der Waals surface area contributed by atoms with E-state index in [0.29, 0.717) is 0 Å². The van der Waals surface area contributed by atoms with Crippen LogP contribution in [0.4, 0.5) is 0 Å². The molecule has 0 aromatic carbocycles. The second kappa shape index (κ2) is 11.7. The molecule has 0 spiro atoms. The summed E-state index contributed by atoms with van der Waals surface area (Å²) in [5, 5.41) is 0. The predicted molar refractivity (Wildman–Crippen MR) is 64.1 cm³/mol. The van der Waals surface area contributed by atoms with Crippen LogP contribution in [0.25, 0.3) is 0 Å². The first-order valence-electron chi connectivity index (χ1n) is 5.88. The zero-order valence-electron chi connectivity index (χ0n) is 10.5. The molecule has 0 aliphatic rings. The second-order valence-corrected chi connectivity index (χ2v) is 3.56. The molecule has 0 aromatic heterocycles. The van der Waals surface area contributed by atoms with E-state index in [9.17, 15) is 0 Å². The molecule has 13 heavy (non-hydrogen) atoms. The highest BCUT2D eigenvalue weighted by molar-refractivity contribution is 5.00. The van der Waals surface area contributed by atoms with Crippen molar-refractivity contribution in [1.82, 2.24) is 0 Å². The lowest BCUT2D eigenvalue weighted by atomic mass is 10.0. The summed E-state index contributed by atoms with van der Waals surface area (Å²) < 4.78 is 0. The van der Waals surface area contributed by atoms with Crippen LogP contribution >= 0.6 is 0 Å². The summed E-state index contributed by atoms with van der Waals surface area (Å²) in [6.07, 6.45) is 7.46. The molecule has 80 valence electrons. The van der Waals surface area contributed by atoms with E-state index >= 15 is 0 Å². The lowest BCUT2D eigenvalue weighted by molar-refractivity contribution is 0.578. The van der Waals surface area contributed by atoms with Crippen molar-refractivity contribution in [2.45, 2.75) is 67.2 Å². The Hall–Kier alpha value is -0.260. The quantitative estimate of drug-likeness (QED) is 0.515. The highest BCUT2D eigenvalue weighted by atomic mass is 14.0. The molecule has 0 heteroatoms. The monoisotopic (exact) mass is 184 g/mol. The Labute approximate surface area is 85.4 Å². The van der Waals surface area contributed by atoms with Gasteiger partial charge in [-0.1, -0.05) is 53.2 Å². The van der Waals surface area contributed by atoms with E-state index in [-0.39, 0.29) is 0 Å². The Balaban J connectivity index is 0. The molecular formula is C13H28. The number of hydrogen-bond donors (Lipinski definition) is 0. The SMILES string of the molecule is CC.CC/C=C(/CC)CCC(C)C. The van der Waals surface area contributed by atoms with Gasteiger partial charge in [-0.15, -0.1) is 0 Å². The normalized spacial score (nSPS) is 11.2. The molecule has 0 heterocycles. The van der Waals surface area contributed by atoms with Gasteiger partial charge in [0.05, 0.1) is 0 Å². The van der Waals surface area contributed by atoms with Crippen LogP contribution in [0.1, 0.15) is 67.2 Å². The van der Waals surface area contributed by atoms with Gasteiger partial charge in [0.25, 0.3) is 0 Å². The van der Waals surface area contributed by atoms with Gasteiger partial charge in [-0.3, -0.25) is 0 Å². The maximum atomic E-state index is 2.38. The maximum absolute atomic E-state index is 2.38. The molecule has 0 fully saturated rings. The largest absolute Gasteiger partial charge is 0.0856 e. The lowest BCUT2D eigenvalue weighted by Gasteiger charge is -2.06. The third kappa shape index (κ3) is 11.7. The van der Waals surface area contributed by atoms with Crippen LogP contribution in [0.15, 0.2) is 11.6 Å². The van der Waals surface area contributed by atoms with Crippen molar-refractivity contribution in [2.24, 2.45) is 5.92 Å². The van der Waals surface area contributed by atoms with E-state index in [1.54, 1.807) is 5.57 Å². The molecule has 0 bridgehead atoms. The van der Waals surface area contributed by atoms with Gasteiger partial charge >= 0.3 is 0 Å². The highest BCUT2D eigenvalue weighted by Crippen LogP contribution is 2.14. The van der Waals surface area contributed by atoms with Crippen molar-refractivity contribution in [1.29, 1.82) is 0 Å². The predicted octanol–water partition coefficient (Wildman–Crippen LogP) is 5.20. The fraction of sp³-hybridized carbons (Fsp3) is 0.846. The summed E-state index contributed by atoms with van der Waals surface area (Å²) in [5.74, 6) is 0.849.